The van der Waals surface area contributed by atoms with Crippen LogP contribution in [0.5, 0.6) is 0 Å². The van der Waals surface area contributed by atoms with Gasteiger partial charge in [-0.2, -0.15) is 0 Å². The lowest BCUT2D eigenvalue weighted by molar-refractivity contribution is 0.0953. The van der Waals surface area contributed by atoms with E-state index in [1.807, 2.05) is 30.3 Å². The van der Waals surface area contributed by atoms with Gasteiger partial charge in [0, 0.05) is 44.8 Å². The lowest BCUT2D eigenvalue weighted by atomic mass is 10.0. The summed E-state index contributed by atoms with van der Waals surface area (Å²) >= 11 is 0. The summed E-state index contributed by atoms with van der Waals surface area (Å²) in [6.07, 6.45) is 6.01. The molecular weight excluding hydrogens is 465 g/mol. The molecule has 1 saturated heterocycles. The summed E-state index contributed by atoms with van der Waals surface area (Å²) in [6.45, 7) is 7.07. The van der Waals surface area contributed by atoms with Gasteiger partial charge < -0.3 is 20.9 Å². The molecule has 1 amide bonds. The van der Waals surface area contributed by atoms with Gasteiger partial charge in [-0.25, -0.2) is 0 Å². The maximum Gasteiger partial charge on any atom is 0.251 e. The van der Waals surface area contributed by atoms with E-state index < -0.39 is 0 Å². The van der Waals surface area contributed by atoms with Crippen LogP contribution >= 0.6 is 24.0 Å². The number of hydrogen-bond donors (Lipinski definition) is 3. The largest absolute Gasteiger partial charge is 0.356 e. The summed E-state index contributed by atoms with van der Waals surface area (Å²) in [7, 11) is 1.79. The van der Waals surface area contributed by atoms with Crippen LogP contribution in [-0.4, -0.2) is 62.6 Å². The molecule has 0 bridgehead atoms. The van der Waals surface area contributed by atoms with Crippen molar-refractivity contribution in [1.29, 1.82) is 0 Å². The van der Waals surface area contributed by atoms with Crippen LogP contribution in [0.1, 0.15) is 49.4 Å². The Labute approximate surface area is 187 Å². The van der Waals surface area contributed by atoms with Gasteiger partial charge in [-0.05, 0) is 51.3 Å². The second kappa shape index (κ2) is 14.6. The Balaban J connectivity index is 0.00000392. The number of piperidine rings is 1. The first-order valence-corrected chi connectivity index (χ1v) is 10.2. The van der Waals surface area contributed by atoms with E-state index >= 15 is 0 Å². The molecule has 1 aliphatic rings. The lowest BCUT2D eigenvalue weighted by Gasteiger charge is -2.33. The van der Waals surface area contributed by atoms with E-state index in [1.54, 1.807) is 7.05 Å². The number of nitrogens with one attached hydrogen (secondary N) is 3. The Kier molecular flexibility index (Phi) is 12.9. The predicted molar refractivity (Wildman–Crippen MR) is 128 cm³/mol. The first-order valence-electron chi connectivity index (χ1n) is 10.2. The van der Waals surface area contributed by atoms with Crippen molar-refractivity contribution in [3.05, 3.63) is 35.9 Å². The minimum absolute atomic E-state index is 0. The molecule has 1 aromatic carbocycles. The molecule has 0 spiro atoms. The summed E-state index contributed by atoms with van der Waals surface area (Å²) in [5.74, 6) is 0.807. The maximum atomic E-state index is 12.0. The normalized spacial score (nSPS) is 17.5. The number of benzene rings is 1. The van der Waals surface area contributed by atoms with E-state index in [9.17, 15) is 4.79 Å². The topological polar surface area (TPSA) is 68.8 Å². The molecule has 1 fully saturated rings. The van der Waals surface area contributed by atoms with Crippen molar-refractivity contribution in [3.63, 3.8) is 0 Å². The SMILES string of the molecule is CN=C(NCCCNC(=O)c1ccccc1)NCCCN1CCCCC1C.I. The number of halogens is 1. The molecule has 1 aromatic rings. The molecule has 6 nitrogen and oxygen atoms in total. The number of hydrogen-bond acceptors (Lipinski definition) is 3. The number of amides is 1. The highest BCUT2D eigenvalue weighted by Gasteiger charge is 2.17. The molecule has 0 aliphatic carbocycles. The van der Waals surface area contributed by atoms with E-state index in [4.69, 9.17) is 0 Å². The van der Waals surface area contributed by atoms with E-state index in [2.05, 4.69) is 32.8 Å². The average molecular weight is 501 g/mol. The van der Waals surface area contributed by atoms with Gasteiger partial charge in [0.1, 0.15) is 0 Å². The average Bonchev–Trinajstić information content (AvgIpc) is 2.71. The standard InChI is InChI=1S/C21H35N5O.HI/c1-18-10-6-7-16-26(18)17-9-15-25-21(22-2)24-14-8-13-23-20(27)19-11-4-3-5-12-19;/h3-5,11-12,18H,6-10,13-17H2,1-2H3,(H,23,27)(H2,22,24,25);1H. The minimum atomic E-state index is -0.0231. The Morgan fingerprint density at radius 2 is 1.75 bits per heavy atom. The molecule has 0 radical (unpaired) electrons. The fourth-order valence-electron chi connectivity index (χ4n) is 3.39. The molecule has 1 unspecified atom stereocenters. The number of rotatable bonds is 9. The molecule has 1 aliphatic heterocycles. The molecule has 1 heterocycles. The molecule has 28 heavy (non-hydrogen) atoms. The van der Waals surface area contributed by atoms with Gasteiger partial charge in [0.25, 0.3) is 5.91 Å². The number of guanidine groups is 1. The smallest absolute Gasteiger partial charge is 0.251 e. The highest BCUT2D eigenvalue weighted by molar-refractivity contribution is 14.0. The monoisotopic (exact) mass is 501 g/mol. The summed E-state index contributed by atoms with van der Waals surface area (Å²) < 4.78 is 0. The van der Waals surface area contributed by atoms with Crippen LogP contribution in [0.2, 0.25) is 0 Å². The Hall–Kier alpha value is -1.35. The summed E-state index contributed by atoms with van der Waals surface area (Å²) in [6, 6.07) is 10.0. The number of nitrogens with zero attached hydrogens (tertiary/aromatic N) is 2. The van der Waals surface area contributed by atoms with Gasteiger partial charge in [-0.1, -0.05) is 24.6 Å². The third-order valence-corrected chi connectivity index (χ3v) is 5.05. The highest BCUT2D eigenvalue weighted by Crippen LogP contribution is 2.15. The third-order valence-electron chi connectivity index (χ3n) is 5.05. The van der Waals surface area contributed by atoms with Crippen molar-refractivity contribution in [3.8, 4) is 0 Å². The number of likely N-dealkylation sites (tertiary alicyclic amines) is 1. The third kappa shape index (κ3) is 9.23. The Morgan fingerprint density at radius 3 is 2.43 bits per heavy atom. The minimum Gasteiger partial charge on any atom is -0.356 e. The number of aliphatic imine (C=N–C) groups is 1. The van der Waals surface area contributed by atoms with Crippen LogP contribution in [0.3, 0.4) is 0 Å². The van der Waals surface area contributed by atoms with Crippen LogP contribution in [0.25, 0.3) is 0 Å². The zero-order valence-electron chi connectivity index (χ0n) is 17.2. The second-order valence-electron chi connectivity index (χ2n) is 7.14. The van der Waals surface area contributed by atoms with Crippen molar-refractivity contribution in [2.45, 2.75) is 45.1 Å². The Bertz CT molecular complexity index is 581. The molecule has 158 valence electrons. The van der Waals surface area contributed by atoms with Gasteiger partial charge in [-0.3, -0.25) is 9.79 Å². The van der Waals surface area contributed by atoms with Crippen molar-refractivity contribution < 1.29 is 4.79 Å². The van der Waals surface area contributed by atoms with E-state index in [0.29, 0.717) is 12.1 Å². The highest BCUT2D eigenvalue weighted by atomic mass is 127. The predicted octanol–water partition coefficient (Wildman–Crippen LogP) is 2.85. The van der Waals surface area contributed by atoms with Gasteiger partial charge >= 0.3 is 0 Å². The zero-order valence-corrected chi connectivity index (χ0v) is 19.6. The molecular formula is C21H36IN5O. The fourth-order valence-corrected chi connectivity index (χ4v) is 3.39. The van der Waals surface area contributed by atoms with Crippen LogP contribution in [0, 0.1) is 0 Å². The lowest BCUT2D eigenvalue weighted by Crippen LogP contribution is -2.41. The molecule has 3 N–H and O–H groups in total. The van der Waals surface area contributed by atoms with Gasteiger partial charge in [0.15, 0.2) is 5.96 Å². The van der Waals surface area contributed by atoms with Gasteiger partial charge in [-0.15, -0.1) is 24.0 Å². The van der Waals surface area contributed by atoms with E-state index in [0.717, 1.165) is 44.5 Å². The zero-order chi connectivity index (χ0) is 19.3. The van der Waals surface area contributed by atoms with Crippen LogP contribution in [0.4, 0.5) is 0 Å². The first-order chi connectivity index (χ1) is 13.2. The molecule has 0 aromatic heterocycles. The van der Waals surface area contributed by atoms with Crippen molar-refractivity contribution in [2.24, 2.45) is 4.99 Å². The molecule has 1 atom stereocenters. The number of carbonyl (C=O) groups is 1. The van der Waals surface area contributed by atoms with Crippen LogP contribution in [0.15, 0.2) is 35.3 Å². The van der Waals surface area contributed by atoms with Crippen molar-refractivity contribution in [1.82, 2.24) is 20.9 Å². The fraction of sp³-hybridized carbons (Fsp3) is 0.619. The maximum absolute atomic E-state index is 12.0. The summed E-state index contributed by atoms with van der Waals surface area (Å²) in [4.78, 5) is 18.8. The van der Waals surface area contributed by atoms with Gasteiger partial charge in [0.2, 0.25) is 0 Å². The quantitative estimate of drug-likeness (QED) is 0.211. The van der Waals surface area contributed by atoms with Crippen molar-refractivity contribution in [2.75, 3.05) is 39.8 Å². The first kappa shape index (κ1) is 24.7. The number of carbonyl (C=O) groups excluding carboxylic acids is 1. The van der Waals surface area contributed by atoms with E-state index in [-0.39, 0.29) is 29.9 Å². The van der Waals surface area contributed by atoms with Gasteiger partial charge in [0.05, 0.1) is 0 Å². The summed E-state index contributed by atoms with van der Waals surface area (Å²) in [5, 5.41) is 9.62. The van der Waals surface area contributed by atoms with Crippen molar-refractivity contribution >= 4 is 35.8 Å². The summed E-state index contributed by atoms with van der Waals surface area (Å²) in [5.41, 5.74) is 0.700. The van der Waals surface area contributed by atoms with E-state index in [1.165, 1.54) is 25.8 Å². The molecule has 2 rings (SSSR count). The molecule has 7 heteroatoms. The Morgan fingerprint density at radius 1 is 1.07 bits per heavy atom. The second-order valence-corrected chi connectivity index (χ2v) is 7.14. The molecule has 0 saturated carbocycles. The van der Waals surface area contributed by atoms with Crippen LogP contribution in [-0.2, 0) is 0 Å². The van der Waals surface area contributed by atoms with Crippen LogP contribution < -0.4 is 16.0 Å².